The molecule has 0 atom stereocenters. The van der Waals surface area contributed by atoms with Crippen LogP contribution in [0.5, 0.6) is 0 Å². The minimum absolute atomic E-state index is 0.328. The Bertz CT molecular complexity index is 529. The van der Waals surface area contributed by atoms with Crippen LogP contribution in [0.4, 0.5) is 13.2 Å². The van der Waals surface area contributed by atoms with Crippen LogP contribution >= 0.6 is 0 Å². The van der Waals surface area contributed by atoms with Crippen molar-refractivity contribution in [3.8, 4) is 0 Å². The van der Waals surface area contributed by atoms with E-state index in [1.807, 2.05) is 0 Å². The Kier molecular flexibility index (Phi) is 5.56. The van der Waals surface area contributed by atoms with Gasteiger partial charge in [0, 0.05) is 0 Å². The van der Waals surface area contributed by atoms with Gasteiger partial charge in [0.15, 0.2) is 17.5 Å². The number of rotatable bonds is 4. The molecule has 0 aliphatic heterocycles. The summed E-state index contributed by atoms with van der Waals surface area (Å²) in [5.41, 5.74) is 0.925. The van der Waals surface area contributed by atoms with Gasteiger partial charge in [-0.05, 0) is 73.5 Å². The SMILES string of the molecule is C[C@H]1CC[C@](CCc2cc(F)c(F)c(F)c2)(C2CCCCC2)CC1. The van der Waals surface area contributed by atoms with Gasteiger partial charge in [-0.25, -0.2) is 13.2 Å². The molecule has 0 N–H and O–H groups in total. The Morgan fingerprint density at radius 3 is 2.08 bits per heavy atom. The van der Waals surface area contributed by atoms with Gasteiger partial charge >= 0.3 is 0 Å². The molecule has 3 rings (SSSR count). The molecule has 0 unspecified atom stereocenters. The zero-order valence-electron chi connectivity index (χ0n) is 14.7. The number of hydrogen-bond donors (Lipinski definition) is 0. The van der Waals surface area contributed by atoms with Gasteiger partial charge < -0.3 is 0 Å². The topological polar surface area (TPSA) is 0 Å². The fraction of sp³-hybridized carbons (Fsp3) is 0.714. The Morgan fingerprint density at radius 2 is 1.50 bits per heavy atom. The molecular weight excluding hydrogens is 309 g/mol. The van der Waals surface area contributed by atoms with Gasteiger partial charge in [-0.3, -0.25) is 0 Å². The lowest BCUT2D eigenvalue weighted by Crippen LogP contribution is -2.36. The second kappa shape index (κ2) is 7.49. The van der Waals surface area contributed by atoms with E-state index in [-0.39, 0.29) is 0 Å². The van der Waals surface area contributed by atoms with Crippen LogP contribution < -0.4 is 0 Å². The van der Waals surface area contributed by atoms with Crippen LogP contribution in [-0.2, 0) is 6.42 Å². The molecule has 1 aromatic rings. The van der Waals surface area contributed by atoms with Crippen LogP contribution in [0.3, 0.4) is 0 Å². The number of benzene rings is 1. The summed E-state index contributed by atoms with van der Waals surface area (Å²) < 4.78 is 40.1. The summed E-state index contributed by atoms with van der Waals surface area (Å²) in [6.45, 7) is 2.33. The Morgan fingerprint density at radius 1 is 0.917 bits per heavy atom. The van der Waals surface area contributed by atoms with Crippen LogP contribution in [0.15, 0.2) is 12.1 Å². The standard InChI is InChI=1S/C21H29F3/c1-15-7-10-21(11-8-15,17-5-3-2-4-6-17)12-9-16-13-18(22)20(24)19(23)14-16/h13-15,17H,2-12H2,1H3/t15-,21-. The summed E-state index contributed by atoms with van der Waals surface area (Å²) in [5.74, 6) is -1.92. The van der Waals surface area contributed by atoms with Crippen molar-refractivity contribution in [3.05, 3.63) is 35.1 Å². The van der Waals surface area contributed by atoms with E-state index in [4.69, 9.17) is 0 Å². The molecule has 0 aromatic heterocycles. The van der Waals surface area contributed by atoms with Crippen molar-refractivity contribution < 1.29 is 13.2 Å². The number of aryl methyl sites for hydroxylation is 1. The van der Waals surface area contributed by atoms with Gasteiger partial charge in [0.25, 0.3) is 0 Å². The lowest BCUT2D eigenvalue weighted by Gasteiger charge is -2.47. The first-order chi connectivity index (χ1) is 11.5. The molecule has 2 saturated carbocycles. The lowest BCUT2D eigenvalue weighted by molar-refractivity contribution is 0.0428. The van der Waals surface area contributed by atoms with Gasteiger partial charge in [0.2, 0.25) is 0 Å². The van der Waals surface area contributed by atoms with Crippen LogP contribution in [0.25, 0.3) is 0 Å². The maximum absolute atomic E-state index is 13.5. The molecule has 2 fully saturated rings. The predicted molar refractivity (Wildman–Crippen MR) is 91.3 cm³/mol. The lowest BCUT2D eigenvalue weighted by atomic mass is 9.58. The molecule has 0 nitrogen and oxygen atoms in total. The maximum atomic E-state index is 13.5. The third-order valence-corrected chi connectivity index (χ3v) is 6.70. The first-order valence-electron chi connectivity index (χ1n) is 9.63. The number of hydrogen-bond acceptors (Lipinski definition) is 0. The first kappa shape index (κ1) is 17.8. The van der Waals surface area contributed by atoms with Gasteiger partial charge in [-0.1, -0.05) is 39.0 Å². The molecule has 24 heavy (non-hydrogen) atoms. The molecule has 134 valence electrons. The molecule has 0 spiro atoms. The summed E-state index contributed by atoms with van der Waals surface area (Å²) >= 11 is 0. The van der Waals surface area contributed by atoms with E-state index in [2.05, 4.69) is 6.92 Å². The smallest absolute Gasteiger partial charge is 0.194 e. The van der Waals surface area contributed by atoms with E-state index in [0.29, 0.717) is 17.4 Å². The Balaban J connectivity index is 1.74. The largest absolute Gasteiger partial charge is 0.204 e. The number of halogens is 3. The van der Waals surface area contributed by atoms with E-state index in [1.54, 1.807) is 0 Å². The maximum Gasteiger partial charge on any atom is 0.194 e. The van der Waals surface area contributed by atoms with Gasteiger partial charge in [0.05, 0.1) is 0 Å². The van der Waals surface area contributed by atoms with Crippen LogP contribution in [-0.4, -0.2) is 0 Å². The fourth-order valence-electron chi connectivity index (χ4n) is 5.06. The first-order valence-corrected chi connectivity index (χ1v) is 9.63. The Hall–Kier alpha value is -0.990. The third-order valence-electron chi connectivity index (χ3n) is 6.70. The molecule has 2 aliphatic rings. The van der Waals surface area contributed by atoms with Crippen LogP contribution in [0.1, 0.15) is 76.7 Å². The highest BCUT2D eigenvalue weighted by molar-refractivity contribution is 5.20. The van der Waals surface area contributed by atoms with E-state index in [0.717, 1.165) is 18.3 Å². The van der Waals surface area contributed by atoms with Crippen molar-refractivity contribution in [2.45, 2.75) is 77.6 Å². The molecule has 0 bridgehead atoms. The molecule has 0 radical (unpaired) electrons. The van der Waals surface area contributed by atoms with E-state index in [1.165, 1.54) is 69.9 Å². The average Bonchev–Trinajstić information content (AvgIpc) is 2.60. The Labute approximate surface area is 143 Å². The minimum Gasteiger partial charge on any atom is -0.204 e. The van der Waals surface area contributed by atoms with Gasteiger partial charge in [0.1, 0.15) is 0 Å². The second-order valence-corrected chi connectivity index (χ2v) is 8.25. The van der Waals surface area contributed by atoms with Crippen molar-refractivity contribution >= 4 is 0 Å². The fourth-order valence-corrected chi connectivity index (χ4v) is 5.06. The molecule has 0 amide bonds. The van der Waals surface area contributed by atoms with Gasteiger partial charge in [-0.2, -0.15) is 0 Å². The second-order valence-electron chi connectivity index (χ2n) is 8.25. The molecule has 2 aliphatic carbocycles. The van der Waals surface area contributed by atoms with Crippen molar-refractivity contribution in [2.24, 2.45) is 17.3 Å². The summed E-state index contributed by atoms with van der Waals surface area (Å²) in [6.07, 6.45) is 13.2. The summed E-state index contributed by atoms with van der Waals surface area (Å²) in [6, 6.07) is 2.36. The minimum atomic E-state index is -1.35. The van der Waals surface area contributed by atoms with Crippen LogP contribution in [0, 0.1) is 34.7 Å². The van der Waals surface area contributed by atoms with E-state index < -0.39 is 17.5 Å². The zero-order valence-corrected chi connectivity index (χ0v) is 14.7. The van der Waals surface area contributed by atoms with Crippen molar-refractivity contribution in [3.63, 3.8) is 0 Å². The van der Waals surface area contributed by atoms with E-state index in [9.17, 15) is 13.2 Å². The average molecular weight is 338 g/mol. The highest BCUT2D eigenvalue weighted by atomic mass is 19.2. The monoisotopic (exact) mass is 338 g/mol. The third kappa shape index (κ3) is 3.81. The van der Waals surface area contributed by atoms with Crippen molar-refractivity contribution in [1.29, 1.82) is 0 Å². The molecule has 1 aromatic carbocycles. The molecular formula is C21H29F3. The quantitative estimate of drug-likeness (QED) is 0.529. The highest BCUT2D eigenvalue weighted by Crippen LogP contribution is 2.52. The predicted octanol–water partition coefficient (Wildman–Crippen LogP) is 6.81. The van der Waals surface area contributed by atoms with Crippen LogP contribution in [0.2, 0.25) is 0 Å². The van der Waals surface area contributed by atoms with Crippen molar-refractivity contribution in [2.75, 3.05) is 0 Å². The summed E-state index contributed by atoms with van der Waals surface area (Å²) in [7, 11) is 0. The highest BCUT2D eigenvalue weighted by Gasteiger charge is 2.40. The molecule has 0 saturated heterocycles. The zero-order chi connectivity index (χ0) is 17.2. The summed E-state index contributed by atoms with van der Waals surface area (Å²) in [4.78, 5) is 0. The molecule has 0 heterocycles. The van der Waals surface area contributed by atoms with Crippen molar-refractivity contribution in [1.82, 2.24) is 0 Å². The normalized spacial score (nSPS) is 28.9. The summed E-state index contributed by atoms with van der Waals surface area (Å²) in [5, 5.41) is 0. The molecule has 3 heteroatoms. The van der Waals surface area contributed by atoms with Gasteiger partial charge in [-0.15, -0.1) is 0 Å². The van der Waals surface area contributed by atoms with E-state index >= 15 is 0 Å².